The zero-order chi connectivity index (χ0) is 16.1. The van der Waals surface area contributed by atoms with Gasteiger partial charge in [-0.15, -0.1) is 0 Å². The Bertz CT molecular complexity index is 633. The van der Waals surface area contributed by atoms with Crippen molar-refractivity contribution in [1.29, 1.82) is 0 Å². The maximum Gasteiger partial charge on any atom is 0.123 e. The van der Waals surface area contributed by atoms with E-state index in [-0.39, 0.29) is 0 Å². The average molecular weight is 331 g/mol. The lowest BCUT2D eigenvalue weighted by atomic mass is 9.92. The number of hydrogen-bond donors (Lipinski definition) is 2. The molecule has 3 rings (SSSR count). The van der Waals surface area contributed by atoms with Crippen LogP contribution in [0.3, 0.4) is 0 Å². The van der Waals surface area contributed by atoms with Crippen molar-refractivity contribution in [3.05, 3.63) is 64.7 Å². The van der Waals surface area contributed by atoms with Crippen molar-refractivity contribution < 1.29 is 4.74 Å². The molecule has 0 aliphatic carbocycles. The maximum absolute atomic E-state index is 6.12. The fourth-order valence-electron chi connectivity index (χ4n) is 3.25. The van der Waals surface area contributed by atoms with Crippen LogP contribution in [0, 0.1) is 0 Å². The second kappa shape index (κ2) is 7.82. The number of piperidine rings is 1. The third-order valence-electron chi connectivity index (χ3n) is 4.41. The van der Waals surface area contributed by atoms with Gasteiger partial charge >= 0.3 is 0 Å². The summed E-state index contributed by atoms with van der Waals surface area (Å²) in [6.45, 7) is 1.82. The Balaban J connectivity index is 1.72. The van der Waals surface area contributed by atoms with Crippen molar-refractivity contribution in [2.45, 2.75) is 31.5 Å². The average Bonchev–Trinajstić information content (AvgIpc) is 2.61. The van der Waals surface area contributed by atoms with Crippen LogP contribution < -0.4 is 15.4 Å². The molecule has 0 spiro atoms. The molecular formula is C19H23ClN2O. The molecule has 0 saturated carbocycles. The molecule has 23 heavy (non-hydrogen) atoms. The van der Waals surface area contributed by atoms with Crippen molar-refractivity contribution in [2.75, 3.05) is 13.7 Å². The van der Waals surface area contributed by atoms with Gasteiger partial charge in [-0.3, -0.25) is 0 Å². The van der Waals surface area contributed by atoms with Crippen LogP contribution in [0.2, 0.25) is 5.02 Å². The van der Waals surface area contributed by atoms with Crippen LogP contribution >= 0.6 is 11.6 Å². The Morgan fingerprint density at radius 1 is 1.22 bits per heavy atom. The van der Waals surface area contributed by atoms with E-state index in [1.807, 2.05) is 18.2 Å². The van der Waals surface area contributed by atoms with Crippen molar-refractivity contribution in [2.24, 2.45) is 0 Å². The van der Waals surface area contributed by atoms with Gasteiger partial charge in [-0.2, -0.15) is 0 Å². The Morgan fingerprint density at radius 2 is 2.04 bits per heavy atom. The first kappa shape index (κ1) is 16.3. The predicted molar refractivity (Wildman–Crippen MR) is 95.1 cm³/mol. The summed E-state index contributed by atoms with van der Waals surface area (Å²) in [5.74, 6) is 0.877. The molecule has 3 nitrogen and oxygen atoms in total. The number of rotatable bonds is 5. The van der Waals surface area contributed by atoms with E-state index >= 15 is 0 Å². The molecule has 0 aromatic heterocycles. The highest BCUT2D eigenvalue weighted by Gasteiger charge is 2.25. The van der Waals surface area contributed by atoms with E-state index in [2.05, 4.69) is 41.0 Å². The molecule has 4 heteroatoms. The van der Waals surface area contributed by atoms with Crippen LogP contribution in [-0.4, -0.2) is 19.7 Å². The lowest BCUT2D eigenvalue weighted by molar-refractivity contribution is 0.303. The monoisotopic (exact) mass is 330 g/mol. The van der Waals surface area contributed by atoms with Gasteiger partial charge in [0, 0.05) is 29.2 Å². The number of nitrogens with one attached hydrogen (secondary N) is 2. The summed E-state index contributed by atoms with van der Waals surface area (Å²) in [6.07, 6.45) is 2.35. The van der Waals surface area contributed by atoms with Crippen molar-refractivity contribution in [1.82, 2.24) is 10.6 Å². The van der Waals surface area contributed by atoms with E-state index in [0.717, 1.165) is 35.8 Å². The first-order chi connectivity index (χ1) is 11.3. The molecule has 2 N–H and O–H groups in total. The second-order valence-corrected chi connectivity index (χ2v) is 6.36. The molecule has 2 aromatic rings. The van der Waals surface area contributed by atoms with Crippen molar-refractivity contribution in [3.8, 4) is 5.75 Å². The molecule has 1 aliphatic rings. The Labute approximate surface area is 143 Å². The summed E-state index contributed by atoms with van der Waals surface area (Å²) in [5, 5.41) is 8.07. The van der Waals surface area contributed by atoms with Crippen LogP contribution in [0.4, 0.5) is 0 Å². The molecule has 0 unspecified atom stereocenters. The summed E-state index contributed by atoms with van der Waals surface area (Å²) in [4.78, 5) is 0. The minimum atomic E-state index is 0.343. The largest absolute Gasteiger partial charge is 0.496 e. The standard InChI is InChI=1S/C19H23ClN2O/c1-23-18-10-9-16(20)12-15(18)13-22-17-8-5-11-21-19(17)14-6-3-2-4-7-14/h2-4,6-7,9-10,12,17,19,21-22H,5,8,11,13H2,1H3/t17-,19-/m1/s1. The van der Waals surface area contributed by atoms with Crippen molar-refractivity contribution >= 4 is 11.6 Å². The fourth-order valence-corrected chi connectivity index (χ4v) is 3.44. The normalized spacial score (nSPS) is 21.1. The van der Waals surface area contributed by atoms with Gasteiger partial charge in [0.2, 0.25) is 0 Å². The Morgan fingerprint density at radius 3 is 2.83 bits per heavy atom. The highest BCUT2D eigenvalue weighted by molar-refractivity contribution is 6.30. The zero-order valence-electron chi connectivity index (χ0n) is 13.4. The molecular weight excluding hydrogens is 308 g/mol. The number of ether oxygens (including phenoxy) is 1. The third-order valence-corrected chi connectivity index (χ3v) is 4.65. The Hall–Kier alpha value is -1.55. The summed E-state index contributed by atoms with van der Waals surface area (Å²) < 4.78 is 5.44. The molecule has 1 fully saturated rings. The topological polar surface area (TPSA) is 33.3 Å². The van der Waals surface area contributed by atoms with Crippen LogP contribution in [0.25, 0.3) is 0 Å². The van der Waals surface area contributed by atoms with E-state index in [4.69, 9.17) is 16.3 Å². The second-order valence-electron chi connectivity index (χ2n) is 5.93. The molecule has 1 saturated heterocycles. The highest BCUT2D eigenvalue weighted by Crippen LogP contribution is 2.26. The summed E-state index contributed by atoms with van der Waals surface area (Å²) in [5.41, 5.74) is 2.43. The van der Waals surface area contributed by atoms with Gasteiger partial charge in [0.15, 0.2) is 0 Å². The smallest absolute Gasteiger partial charge is 0.123 e. The summed E-state index contributed by atoms with van der Waals surface area (Å²) in [6, 6.07) is 17.1. The summed E-state index contributed by atoms with van der Waals surface area (Å²) >= 11 is 6.12. The van der Waals surface area contributed by atoms with Gasteiger partial charge in [0.05, 0.1) is 7.11 Å². The van der Waals surface area contributed by atoms with E-state index in [1.165, 1.54) is 12.0 Å². The van der Waals surface area contributed by atoms with E-state index in [9.17, 15) is 0 Å². The van der Waals surface area contributed by atoms with Gasteiger partial charge in [-0.25, -0.2) is 0 Å². The number of methoxy groups -OCH3 is 1. The predicted octanol–water partition coefficient (Wildman–Crippen LogP) is 3.93. The Kier molecular flexibility index (Phi) is 5.55. The SMILES string of the molecule is COc1ccc(Cl)cc1CN[C@@H]1CCCN[C@@H]1c1ccccc1. The van der Waals surface area contributed by atoms with Crippen LogP contribution in [0.15, 0.2) is 48.5 Å². The highest BCUT2D eigenvalue weighted by atomic mass is 35.5. The fraction of sp³-hybridized carbons (Fsp3) is 0.368. The molecule has 122 valence electrons. The third kappa shape index (κ3) is 4.05. The van der Waals surface area contributed by atoms with Gasteiger partial charge in [-0.05, 0) is 43.1 Å². The lowest BCUT2D eigenvalue weighted by Crippen LogP contribution is -2.45. The first-order valence-electron chi connectivity index (χ1n) is 8.12. The molecule has 2 aromatic carbocycles. The first-order valence-corrected chi connectivity index (χ1v) is 8.50. The number of halogens is 1. The minimum Gasteiger partial charge on any atom is -0.496 e. The van der Waals surface area contributed by atoms with Crippen LogP contribution in [0.5, 0.6) is 5.75 Å². The molecule has 0 radical (unpaired) electrons. The van der Waals surface area contributed by atoms with E-state index < -0.39 is 0 Å². The molecule has 0 amide bonds. The van der Waals surface area contributed by atoms with E-state index in [1.54, 1.807) is 7.11 Å². The van der Waals surface area contributed by atoms with Crippen LogP contribution in [0.1, 0.15) is 30.0 Å². The van der Waals surface area contributed by atoms with Gasteiger partial charge in [-0.1, -0.05) is 41.9 Å². The molecule has 1 heterocycles. The van der Waals surface area contributed by atoms with Gasteiger partial charge in [0.25, 0.3) is 0 Å². The summed E-state index contributed by atoms with van der Waals surface area (Å²) in [7, 11) is 1.70. The van der Waals surface area contributed by atoms with Crippen molar-refractivity contribution in [3.63, 3.8) is 0 Å². The lowest BCUT2D eigenvalue weighted by Gasteiger charge is -2.34. The van der Waals surface area contributed by atoms with E-state index in [0.29, 0.717) is 12.1 Å². The molecule has 1 aliphatic heterocycles. The number of benzene rings is 2. The number of hydrogen-bond acceptors (Lipinski definition) is 3. The molecule has 0 bridgehead atoms. The maximum atomic E-state index is 6.12. The quantitative estimate of drug-likeness (QED) is 0.871. The van der Waals surface area contributed by atoms with Crippen LogP contribution in [-0.2, 0) is 6.54 Å². The zero-order valence-corrected chi connectivity index (χ0v) is 14.1. The van der Waals surface area contributed by atoms with Gasteiger partial charge in [0.1, 0.15) is 5.75 Å². The van der Waals surface area contributed by atoms with Gasteiger partial charge < -0.3 is 15.4 Å². The minimum absolute atomic E-state index is 0.343. The molecule has 2 atom stereocenters.